The number of nitrogens with zero attached hydrogens (tertiary/aromatic N) is 1. The fraction of sp³-hybridized carbons (Fsp3) is 0.286. The number of aromatic nitrogens is 1. The first-order valence-corrected chi connectivity index (χ1v) is 5.82. The maximum absolute atomic E-state index is 3.11. The van der Waals surface area contributed by atoms with E-state index in [1.807, 2.05) is 6.20 Å². The van der Waals surface area contributed by atoms with Crippen molar-refractivity contribution >= 4 is 0 Å². The minimum atomic E-state index is 1.05. The van der Waals surface area contributed by atoms with Gasteiger partial charge in [-0.05, 0) is 29.2 Å². The molecular weight excluding hydrogens is 196 g/mol. The first kappa shape index (κ1) is 9.67. The average molecular weight is 212 g/mol. The first-order valence-electron chi connectivity index (χ1n) is 5.82. The maximum atomic E-state index is 3.11. The van der Waals surface area contributed by atoms with Gasteiger partial charge in [-0.15, -0.1) is 0 Å². The predicted octanol–water partition coefficient (Wildman–Crippen LogP) is 2.57. The number of nitrogens with one attached hydrogen (secondary N) is 1. The van der Waals surface area contributed by atoms with Crippen molar-refractivity contribution in [2.24, 2.45) is 0 Å². The van der Waals surface area contributed by atoms with Crippen molar-refractivity contribution in [2.75, 3.05) is 6.54 Å². The molecule has 16 heavy (non-hydrogen) atoms. The molecular formula is C14H16N2. The molecule has 0 radical (unpaired) electrons. The van der Waals surface area contributed by atoms with Crippen LogP contribution in [0.3, 0.4) is 0 Å². The topological polar surface area (TPSA) is 19.0 Å². The second-order valence-corrected chi connectivity index (χ2v) is 4.45. The number of hydrogen-bond acceptors (Lipinski definition) is 1. The van der Waals surface area contributed by atoms with Crippen LogP contribution < -0.4 is 0 Å². The Kier molecular flexibility index (Phi) is 2.50. The van der Waals surface area contributed by atoms with Crippen LogP contribution in [0.1, 0.15) is 16.7 Å². The summed E-state index contributed by atoms with van der Waals surface area (Å²) in [6.45, 7) is 3.31. The molecule has 0 unspecified atom stereocenters. The van der Waals surface area contributed by atoms with Crippen LogP contribution in [-0.2, 0) is 19.5 Å². The Morgan fingerprint density at radius 2 is 2.00 bits per heavy atom. The molecule has 0 bridgehead atoms. The van der Waals surface area contributed by atoms with E-state index in [-0.39, 0.29) is 0 Å². The molecule has 0 fully saturated rings. The Morgan fingerprint density at radius 1 is 1.12 bits per heavy atom. The normalized spacial score (nSPS) is 16.0. The van der Waals surface area contributed by atoms with Crippen molar-refractivity contribution in [3.05, 3.63) is 59.4 Å². The zero-order valence-electron chi connectivity index (χ0n) is 9.32. The third-order valence-corrected chi connectivity index (χ3v) is 3.28. The summed E-state index contributed by atoms with van der Waals surface area (Å²) in [4.78, 5) is 5.62. The van der Waals surface area contributed by atoms with Gasteiger partial charge in [-0.2, -0.15) is 0 Å². The van der Waals surface area contributed by atoms with Gasteiger partial charge in [0.1, 0.15) is 0 Å². The lowest BCUT2D eigenvalue weighted by atomic mass is 10.00. The summed E-state index contributed by atoms with van der Waals surface area (Å²) in [6, 6.07) is 10.9. The van der Waals surface area contributed by atoms with Crippen molar-refractivity contribution in [1.82, 2.24) is 9.88 Å². The van der Waals surface area contributed by atoms with E-state index in [9.17, 15) is 0 Å². The molecule has 0 aliphatic carbocycles. The van der Waals surface area contributed by atoms with Gasteiger partial charge < -0.3 is 4.98 Å². The highest BCUT2D eigenvalue weighted by atomic mass is 15.1. The molecule has 0 amide bonds. The number of rotatable bonds is 2. The van der Waals surface area contributed by atoms with Crippen LogP contribution in [-0.4, -0.2) is 16.4 Å². The number of hydrogen-bond donors (Lipinski definition) is 1. The smallest absolute Gasteiger partial charge is 0.0252 e. The molecule has 2 heteroatoms. The minimum Gasteiger partial charge on any atom is -0.367 e. The van der Waals surface area contributed by atoms with Crippen LogP contribution in [0.4, 0.5) is 0 Å². The van der Waals surface area contributed by atoms with E-state index in [0.717, 1.165) is 13.1 Å². The number of fused-ring (bicyclic) bond motifs is 1. The molecule has 82 valence electrons. The summed E-state index contributed by atoms with van der Waals surface area (Å²) < 4.78 is 0. The quantitative estimate of drug-likeness (QED) is 0.810. The molecule has 1 aliphatic rings. The third-order valence-electron chi connectivity index (χ3n) is 3.28. The Morgan fingerprint density at radius 3 is 2.81 bits per heavy atom. The Bertz CT molecular complexity index is 459. The monoisotopic (exact) mass is 212 g/mol. The van der Waals surface area contributed by atoms with Crippen LogP contribution in [0.15, 0.2) is 42.7 Å². The van der Waals surface area contributed by atoms with Crippen molar-refractivity contribution in [2.45, 2.75) is 19.5 Å². The van der Waals surface area contributed by atoms with Crippen LogP contribution in [0.25, 0.3) is 0 Å². The van der Waals surface area contributed by atoms with Crippen molar-refractivity contribution in [3.8, 4) is 0 Å². The molecule has 1 aliphatic heterocycles. The highest BCUT2D eigenvalue weighted by molar-refractivity contribution is 5.29. The van der Waals surface area contributed by atoms with Gasteiger partial charge in [-0.3, -0.25) is 4.90 Å². The van der Waals surface area contributed by atoms with Gasteiger partial charge in [0, 0.05) is 32.0 Å². The van der Waals surface area contributed by atoms with E-state index >= 15 is 0 Å². The van der Waals surface area contributed by atoms with Crippen LogP contribution in [0.5, 0.6) is 0 Å². The SMILES string of the molecule is c1ccc2c(c1)CCN(Cc1cc[nH]c1)C2. The third kappa shape index (κ3) is 1.89. The largest absolute Gasteiger partial charge is 0.367 e. The highest BCUT2D eigenvalue weighted by Crippen LogP contribution is 2.19. The van der Waals surface area contributed by atoms with E-state index < -0.39 is 0 Å². The van der Waals surface area contributed by atoms with E-state index in [4.69, 9.17) is 0 Å². The van der Waals surface area contributed by atoms with Crippen molar-refractivity contribution < 1.29 is 0 Å². The van der Waals surface area contributed by atoms with E-state index in [1.54, 1.807) is 0 Å². The molecule has 0 atom stereocenters. The fourth-order valence-corrected chi connectivity index (χ4v) is 2.40. The minimum absolute atomic E-state index is 1.05. The van der Waals surface area contributed by atoms with Gasteiger partial charge in [0.25, 0.3) is 0 Å². The molecule has 0 saturated carbocycles. The summed E-state index contributed by atoms with van der Waals surface area (Å²) >= 11 is 0. The molecule has 0 spiro atoms. The summed E-state index contributed by atoms with van der Waals surface area (Å²) in [6.07, 6.45) is 5.26. The second-order valence-electron chi connectivity index (χ2n) is 4.45. The molecule has 0 saturated heterocycles. The fourth-order valence-electron chi connectivity index (χ4n) is 2.40. The Balaban J connectivity index is 1.73. The van der Waals surface area contributed by atoms with E-state index in [0.29, 0.717) is 0 Å². The number of aromatic amines is 1. The van der Waals surface area contributed by atoms with E-state index in [1.165, 1.54) is 29.7 Å². The van der Waals surface area contributed by atoms with Crippen molar-refractivity contribution in [3.63, 3.8) is 0 Å². The zero-order chi connectivity index (χ0) is 10.8. The number of benzene rings is 1. The molecule has 2 heterocycles. The second kappa shape index (κ2) is 4.14. The summed E-state index contributed by atoms with van der Waals surface area (Å²) in [5.41, 5.74) is 4.39. The standard InChI is InChI=1S/C14H16N2/c1-2-4-14-11-16(8-6-13(14)3-1)10-12-5-7-15-9-12/h1-5,7,9,15H,6,8,10-11H2. The molecule has 2 nitrogen and oxygen atoms in total. The molecule has 1 N–H and O–H groups in total. The van der Waals surface area contributed by atoms with Crippen LogP contribution >= 0.6 is 0 Å². The van der Waals surface area contributed by atoms with Gasteiger partial charge in [0.2, 0.25) is 0 Å². The van der Waals surface area contributed by atoms with Crippen LogP contribution in [0, 0.1) is 0 Å². The zero-order valence-corrected chi connectivity index (χ0v) is 9.32. The van der Waals surface area contributed by atoms with Gasteiger partial charge in [-0.25, -0.2) is 0 Å². The van der Waals surface area contributed by atoms with Gasteiger partial charge >= 0.3 is 0 Å². The highest BCUT2D eigenvalue weighted by Gasteiger charge is 2.15. The number of H-pyrrole nitrogens is 1. The predicted molar refractivity (Wildman–Crippen MR) is 65.1 cm³/mol. The average Bonchev–Trinajstić information content (AvgIpc) is 2.82. The summed E-state index contributed by atoms with van der Waals surface area (Å²) in [5, 5.41) is 0. The Labute approximate surface area is 95.9 Å². The van der Waals surface area contributed by atoms with Gasteiger partial charge in [0.15, 0.2) is 0 Å². The van der Waals surface area contributed by atoms with Gasteiger partial charge in [0.05, 0.1) is 0 Å². The lowest BCUT2D eigenvalue weighted by Crippen LogP contribution is -2.29. The Hall–Kier alpha value is -1.54. The van der Waals surface area contributed by atoms with Gasteiger partial charge in [-0.1, -0.05) is 24.3 Å². The lowest BCUT2D eigenvalue weighted by molar-refractivity contribution is 0.245. The summed E-state index contributed by atoms with van der Waals surface area (Å²) in [5.74, 6) is 0. The van der Waals surface area contributed by atoms with Crippen LogP contribution in [0.2, 0.25) is 0 Å². The van der Waals surface area contributed by atoms with E-state index in [2.05, 4.69) is 46.4 Å². The lowest BCUT2D eigenvalue weighted by Gasteiger charge is -2.28. The molecule has 2 aromatic rings. The first-order chi connectivity index (χ1) is 7.92. The molecule has 1 aromatic heterocycles. The molecule has 3 rings (SSSR count). The maximum Gasteiger partial charge on any atom is 0.0252 e. The molecule has 1 aromatic carbocycles. The summed E-state index contributed by atoms with van der Waals surface area (Å²) in [7, 11) is 0. The van der Waals surface area contributed by atoms with Crippen molar-refractivity contribution in [1.29, 1.82) is 0 Å².